The minimum absolute atomic E-state index is 0.0339. The Bertz CT molecular complexity index is 324. The van der Waals surface area contributed by atoms with Crippen LogP contribution in [0.3, 0.4) is 0 Å². The van der Waals surface area contributed by atoms with Crippen LogP contribution in [0.5, 0.6) is 0 Å². The molecular weight excluding hydrogens is 194 g/mol. The second kappa shape index (κ2) is 5.46. The van der Waals surface area contributed by atoms with Crippen LogP contribution in [0.1, 0.15) is 30.1 Å². The Morgan fingerprint density at radius 1 is 1.79 bits per heavy atom. The molecule has 0 aliphatic rings. The van der Waals surface area contributed by atoms with E-state index in [0.717, 1.165) is 6.42 Å². The fourth-order valence-corrected chi connectivity index (χ4v) is 1.74. The quantitative estimate of drug-likeness (QED) is 0.754. The van der Waals surface area contributed by atoms with Gasteiger partial charge in [0.1, 0.15) is 0 Å². The van der Waals surface area contributed by atoms with Crippen molar-refractivity contribution in [3.63, 3.8) is 0 Å². The minimum Gasteiger partial charge on any atom is -0.348 e. The van der Waals surface area contributed by atoms with E-state index in [0.29, 0.717) is 12.0 Å². The van der Waals surface area contributed by atoms with Crippen LogP contribution in [0.2, 0.25) is 0 Å². The van der Waals surface area contributed by atoms with Crippen molar-refractivity contribution >= 4 is 17.2 Å². The van der Waals surface area contributed by atoms with E-state index in [4.69, 9.17) is 6.42 Å². The molecule has 1 unspecified atom stereocenters. The summed E-state index contributed by atoms with van der Waals surface area (Å²) in [6, 6.07) is 1.90. The van der Waals surface area contributed by atoms with Gasteiger partial charge in [0.25, 0.3) is 5.91 Å². The predicted octanol–water partition coefficient (Wildman–Crippen LogP) is 2.28. The fourth-order valence-electron chi connectivity index (χ4n) is 1.10. The zero-order chi connectivity index (χ0) is 10.4. The average Bonchev–Trinajstić information content (AvgIpc) is 2.69. The largest absolute Gasteiger partial charge is 0.348 e. The number of nitrogens with one attached hydrogen (secondary N) is 1. The average molecular weight is 207 g/mol. The van der Waals surface area contributed by atoms with E-state index >= 15 is 0 Å². The van der Waals surface area contributed by atoms with Crippen molar-refractivity contribution in [2.24, 2.45) is 0 Å². The van der Waals surface area contributed by atoms with Crippen LogP contribution in [0.25, 0.3) is 0 Å². The Labute approximate surface area is 88.3 Å². The first-order chi connectivity index (χ1) is 6.77. The lowest BCUT2D eigenvalue weighted by molar-refractivity contribution is 0.0937. The van der Waals surface area contributed by atoms with Gasteiger partial charge in [-0.15, -0.1) is 12.3 Å². The third-order valence-corrected chi connectivity index (χ3v) is 2.66. The van der Waals surface area contributed by atoms with Crippen LogP contribution in [0.4, 0.5) is 0 Å². The number of hydrogen-bond donors (Lipinski definition) is 1. The van der Waals surface area contributed by atoms with Crippen molar-refractivity contribution in [2.45, 2.75) is 25.8 Å². The highest BCUT2D eigenvalue weighted by Gasteiger charge is 2.10. The summed E-state index contributed by atoms with van der Waals surface area (Å²) in [5.74, 6) is 2.52. The predicted molar refractivity (Wildman–Crippen MR) is 59.3 cm³/mol. The molecule has 1 aromatic heterocycles. The summed E-state index contributed by atoms with van der Waals surface area (Å²) in [5.41, 5.74) is 0.713. The van der Waals surface area contributed by atoms with Crippen LogP contribution < -0.4 is 5.32 Å². The minimum atomic E-state index is -0.0339. The molecule has 0 aromatic carbocycles. The SMILES string of the molecule is C#CCC(CC)NC(=O)c1ccsc1. The highest BCUT2D eigenvalue weighted by molar-refractivity contribution is 7.08. The van der Waals surface area contributed by atoms with E-state index in [-0.39, 0.29) is 11.9 Å². The molecule has 0 bridgehead atoms. The zero-order valence-electron chi connectivity index (χ0n) is 8.12. The number of terminal acetylenes is 1. The Kier molecular flexibility index (Phi) is 4.21. The summed E-state index contributed by atoms with van der Waals surface area (Å²) in [5, 5.41) is 6.61. The van der Waals surface area contributed by atoms with Gasteiger partial charge < -0.3 is 5.32 Å². The van der Waals surface area contributed by atoms with E-state index in [1.165, 1.54) is 11.3 Å². The maximum Gasteiger partial charge on any atom is 0.252 e. The lowest BCUT2D eigenvalue weighted by Gasteiger charge is -2.13. The van der Waals surface area contributed by atoms with Gasteiger partial charge in [-0.2, -0.15) is 11.3 Å². The summed E-state index contributed by atoms with van der Waals surface area (Å²) >= 11 is 1.51. The first-order valence-corrected chi connectivity index (χ1v) is 5.48. The van der Waals surface area contributed by atoms with Crippen LogP contribution in [-0.4, -0.2) is 11.9 Å². The van der Waals surface area contributed by atoms with Crippen molar-refractivity contribution < 1.29 is 4.79 Å². The summed E-state index contributed by atoms with van der Waals surface area (Å²) in [6.07, 6.45) is 6.65. The first-order valence-electron chi connectivity index (χ1n) is 4.54. The Morgan fingerprint density at radius 3 is 3.07 bits per heavy atom. The van der Waals surface area contributed by atoms with E-state index in [9.17, 15) is 4.79 Å². The molecule has 0 saturated carbocycles. The summed E-state index contributed by atoms with van der Waals surface area (Å²) in [6.45, 7) is 2.01. The summed E-state index contributed by atoms with van der Waals surface area (Å²) in [7, 11) is 0. The Balaban J connectivity index is 2.52. The van der Waals surface area contributed by atoms with Crippen molar-refractivity contribution in [3.05, 3.63) is 22.4 Å². The molecular formula is C11H13NOS. The number of carbonyl (C=O) groups excluding carboxylic acids is 1. The van der Waals surface area contributed by atoms with Crippen LogP contribution in [0.15, 0.2) is 16.8 Å². The van der Waals surface area contributed by atoms with Crippen LogP contribution in [-0.2, 0) is 0 Å². The molecule has 1 heterocycles. The molecule has 1 aromatic rings. The molecule has 14 heavy (non-hydrogen) atoms. The third kappa shape index (κ3) is 2.90. The summed E-state index contributed by atoms with van der Waals surface area (Å²) in [4.78, 5) is 11.6. The van der Waals surface area contributed by atoms with Gasteiger partial charge in [0.2, 0.25) is 0 Å². The number of hydrogen-bond acceptors (Lipinski definition) is 2. The maximum atomic E-state index is 11.6. The molecule has 2 nitrogen and oxygen atoms in total. The molecule has 74 valence electrons. The molecule has 0 spiro atoms. The van der Waals surface area contributed by atoms with Crippen molar-refractivity contribution in [1.29, 1.82) is 0 Å². The first kappa shape index (κ1) is 10.8. The highest BCUT2D eigenvalue weighted by Crippen LogP contribution is 2.07. The molecule has 0 radical (unpaired) electrons. The molecule has 3 heteroatoms. The molecule has 1 amide bonds. The molecule has 0 saturated heterocycles. The summed E-state index contributed by atoms with van der Waals surface area (Å²) < 4.78 is 0. The lowest BCUT2D eigenvalue weighted by atomic mass is 10.1. The third-order valence-electron chi connectivity index (χ3n) is 1.98. The molecule has 0 fully saturated rings. The van der Waals surface area contributed by atoms with E-state index < -0.39 is 0 Å². The van der Waals surface area contributed by atoms with Gasteiger partial charge in [-0.25, -0.2) is 0 Å². The van der Waals surface area contributed by atoms with Gasteiger partial charge in [0.05, 0.1) is 0 Å². The molecule has 0 aliphatic heterocycles. The van der Waals surface area contributed by atoms with Gasteiger partial charge in [0.15, 0.2) is 0 Å². The van der Waals surface area contributed by atoms with E-state index in [2.05, 4.69) is 11.2 Å². The highest BCUT2D eigenvalue weighted by atomic mass is 32.1. The van der Waals surface area contributed by atoms with Crippen LogP contribution in [0, 0.1) is 12.3 Å². The molecule has 0 aliphatic carbocycles. The number of thiophene rings is 1. The second-order valence-corrected chi connectivity index (χ2v) is 3.78. The molecule has 1 N–H and O–H groups in total. The number of amides is 1. The van der Waals surface area contributed by atoms with Gasteiger partial charge >= 0.3 is 0 Å². The zero-order valence-corrected chi connectivity index (χ0v) is 8.93. The van der Waals surface area contributed by atoms with Gasteiger partial charge in [-0.05, 0) is 17.9 Å². The Hall–Kier alpha value is -1.27. The normalized spacial score (nSPS) is 11.7. The standard InChI is InChI=1S/C11H13NOS/c1-3-5-10(4-2)12-11(13)9-6-7-14-8-9/h1,6-8,10H,4-5H2,2H3,(H,12,13). The van der Waals surface area contributed by atoms with Crippen molar-refractivity contribution in [2.75, 3.05) is 0 Å². The fraction of sp³-hybridized carbons (Fsp3) is 0.364. The smallest absolute Gasteiger partial charge is 0.252 e. The van der Waals surface area contributed by atoms with Crippen molar-refractivity contribution in [1.82, 2.24) is 5.32 Å². The van der Waals surface area contributed by atoms with E-state index in [1.54, 1.807) is 0 Å². The second-order valence-electron chi connectivity index (χ2n) is 3.00. The number of carbonyl (C=O) groups is 1. The lowest BCUT2D eigenvalue weighted by Crippen LogP contribution is -2.33. The van der Waals surface area contributed by atoms with Gasteiger partial charge in [-0.1, -0.05) is 6.92 Å². The van der Waals surface area contributed by atoms with Gasteiger partial charge in [0, 0.05) is 23.4 Å². The van der Waals surface area contributed by atoms with Crippen LogP contribution >= 0.6 is 11.3 Å². The Morgan fingerprint density at radius 2 is 2.57 bits per heavy atom. The number of rotatable bonds is 4. The maximum absolute atomic E-state index is 11.6. The topological polar surface area (TPSA) is 29.1 Å². The molecule has 1 atom stereocenters. The van der Waals surface area contributed by atoms with Crippen molar-refractivity contribution in [3.8, 4) is 12.3 Å². The van der Waals surface area contributed by atoms with E-state index in [1.807, 2.05) is 23.8 Å². The monoisotopic (exact) mass is 207 g/mol. The van der Waals surface area contributed by atoms with Gasteiger partial charge in [-0.3, -0.25) is 4.79 Å². The molecule has 1 rings (SSSR count).